The molecule has 0 radical (unpaired) electrons. The number of carboxylic acids is 1. The van der Waals surface area contributed by atoms with Gasteiger partial charge in [-0.1, -0.05) is 0 Å². The molecular weight excluding hydrogens is 443 g/mol. The van der Waals surface area contributed by atoms with Gasteiger partial charge in [0.1, 0.15) is 12.1 Å². The number of aromatic amines is 1. The fourth-order valence-corrected chi connectivity index (χ4v) is 3.94. The summed E-state index contributed by atoms with van der Waals surface area (Å²) in [6.45, 7) is 2.44. The predicted molar refractivity (Wildman–Crippen MR) is 109 cm³/mol. The van der Waals surface area contributed by atoms with Crippen LogP contribution in [0.1, 0.15) is 38.8 Å². The van der Waals surface area contributed by atoms with E-state index in [4.69, 9.17) is 0 Å². The number of aliphatic carboxylic acids is 1. The molecule has 5 N–H and O–H groups in total. The molecule has 1 unspecified atom stereocenters. The van der Waals surface area contributed by atoms with Crippen LogP contribution in [0.15, 0.2) is 15.8 Å². The van der Waals surface area contributed by atoms with Crippen LogP contribution in [0.4, 0.5) is 4.39 Å². The fraction of sp³-hybridized carbons (Fsp3) is 0.579. The SMILES string of the molecule is C[C@H](NC(=O)[C@@H]1CCCN1C(=O)[C@@H]1CCCN1)C(=O)NC(C(=O)O)n1cc(F)c(=O)[nH]c1=O. The minimum Gasteiger partial charge on any atom is -0.478 e. The maximum absolute atomic E-state index is 13.5. The molecule has 3 heterocycles. The van der Waals surface area contributed by atoms with E-state index in [1.165, 1.54) is 11.8 Å². The summed E-state index contributed by atoms with van der Waals surface area (Å²) in [5.74, 6) is -4.83. The van der Waals surface area contributed by atoms with Crippen molar-refractivity contribution in [1.82, 2.24) is 30.4 Å². The first-order valence-corrected chi connectivity index (χ1v) is 10.5. The van der Waals surface area contributed by atoms with Crippen molar-refractivity contribution in [3.63, 3.8) is 0 Å². The van der Waals surface area contributed by atoms with E-state index in [-0.39, 0.29) is 11.9 Å². The van der Waals surface area contributed by atoms with E-state index in [9.17, 15) is 38.3 Å². The minimum absolute atomic E-state index is 0.173. The predicted octanol–water partition coefficient (Wildman–Crippen LogP) is -2.38. The molecule has 2 fully saturated rings. The summed E-state index contributed by atoms with van der Waals surface area (Å²) in [5, 5.41) is 16.9. The highest BCUT2D eigenvalue weighted by Crippen LogP contribution is 2.21. The average molecular weight is 468 g/mol. The van der Waals surface area contributed by atoms with Gasteiger partial charge in [-0.25, -0.2) is 9.59 Å². The van der Waals surface area contributed by atoms with Crippen molar-refractivity contribution in [3.8, 4) is 0 Å². The first kappa shape index (κ1) is 24.1. The fourth-order valence-electron chi connectivity index (χ4n) is 3.94. The molecule has 2 saturated heterocycles. The highest BCUT2D eigenvalue weighted by Gasteiger charge is 2.38. The molecule has 3 rings (SSSR count). The number of likely N-dealkylation sites (tertiary alicyclic amines) is 1. The van der Waals surface area contributed by atoms with Crippen LogP contribution in [0.3, 0.4) is 0 Å². The Morgan fingerprint density at radius 3 is 2.55 bits per heavy atom. The number of H-pyrrole nitrogens is 1. The van der Waals surface area contributed by atoms with Crippen LogP contribution in [-0.2, 0) is 19.2 Å². The normalized spacial score (nSPS) is 21.9. The number of halogens is 1. The van der Waals surface area contributed by atoms with Gasteiger partial charge in [0.05, 0.1) is 12.2 Å². The monoisotopic (exact) mass is 468 g/mol. The van der Waals surface area contributed by atoms with E-state index in [2.05, 4.69) is 10.6 Å². The number of nitrogens with zero attached hydrogens (tertiary/aromatic N) is 2. The Hall–Kier alpha value is -3.55. The minimum atomic E-state index is -2.03. The maximum atomic E-state index is 13.5. The largest absolute Gasteiger partial charge is 0.478 e. The van der Waals surface area contributed by atoms with Gasteiger partial charge in [0, 0.05) is 6.54 Å². The van der Waals surface area contributed by atoms with Gasteiger partial charge >= 0.3 is 11.7 Å². The number of carbonyl (C=O) groups is 4. The molecule has 0 aromatic carbocycles. The second kappa shape index (κ2) is 9.94. The number of hydrogen-bond acceptors (Lipinski definition) is 7. The average Bonchev–Trinajstić information content (AvgIpc) is 3.46. The Bertz CT molecular complexity index is 1060. The maximum Gasteiger partial charge on any atom is 0.347 e. The molecule has 13 nitrogen and oxygen atoms in total. The first-order valence-electron chi connectivity index (χ1n) is 10.5. The van der Waals surface area contributed by atoms with Crippen LogP contribution in [0, 0.1) is 5.82 Å². The van der Waals surface area contributed by atoms with Crippen molar-refractivity contribution in [2.75, 3.05) is 13.1 Å². The van der Waals surface area contributed by atoms with Gasteiger partial charge in [0.2, 0.25) is 29.7 Å². The third-order valence-corrected chi connectivity index (χ3v) is 5.66. The van der Waals surface area contributed by atoms with Gasteiger partial charge in [-0.3, -0.25) is 28.7 Å². The molecule has 2 aliphatic heterocycles. The third kappa shape index (κ3) is 5.27. The topological polar surface area (TPSA) is 183 Å². The van der Waals surface area contributed by atoms with Gasteiger partial charge in [0.15, 0.2) is 0 Å². The Kier molecular flexibility index (Phi) is 7.26. The summed E-state index contributed by atoms with van der Waals surface area (Å²) in [7, 11) is 0. The van der Waals surface area contributed by atoms with Crippen LogP contribution in [0.2, 0.25) is 0 Å². The van der Waals surface area contributed by atoms with Gasteiger partial charge in [-0.05, 0) is 39.2 Å². The van der Waals surface area contributed by atoms with Gasteiger partial charge in [0.25, 0.3) is 5.56 Å². The van der Waals surface area contributed by atoms with Crippen LogP contribution >= 0.6 is 0 Å². The number of hydrogen-bond donors (Lipinski definition) is 5. The summed E-state index contributed by atoms with van der Waals surface area (Å²) < 4.78 is 13.8. The number of carboxylic acid groups (broad SMARTS) is 1. The van der Waals surface area contributed by atoms with Crippen molar-refractivity contribution in [1.29, 1.82) is 0 Å². The summed E-state index contributed by atoms with van der Waals surface area (Å²) >= 11 is 0. The molecular formula is C19H25FN6O7. The second-order valence-electron chi connectivity index (χ2n) is 7.96. The molecule has 33 heavy (non-hydrogen) atoms. The molecule has 3 amide bonds. The number of aromatic nitrogens is 2. The van der Waals surface area contributed by atoms with Crippen molar-refractivity contribution in [2.24, 2.45) is 0 Å². The summed E-state index contributed by atoms with van der Waals surface area (Å²) in [6.07, 6.45) is 0.924. The highest BCUT2D eigenvalue weighted by molar-refractivity contribution is 5.94. The van der Waals surface area contributed by atoms with E-state index < -0.39 is 53.1 Å². The highest BCUT2D eigenvalue weighted by atomic mass is 19.1. The van der Waals surface area contributed by atoms with Crippen LogP contribution < -0.4 is 27.2 Å². The van der Waals surface area contributed by atoms with Crippen molar-refractivity contribution in [2.45, 2.75) is 56.9 Å². The second-order valence-corrected chi connectivity index (χ2v) is 7.96. The standard InChI is InChI=1S/C19H25FN6O7/c1-9(14(27)23-13(18(31)32)26-8-10(20)15(28)24-19(26)33)22-16(29)12-5-3-7-25(12)17(30)11-4-2-6-21-11/h8-9,11-13,21H,2-7H2,1H3,(H,22,29)(H,23,27)(H,31,32)(H,24,28,33)/t9-,11-,12-,13?/m0/s1. The molecule has 2 aliphatic rings. The van der Waals surface area contributed by atoms with Gasteiger partial charge in [-0.15, -0.1) is 0 Å². The number of carbonyl (C=O) groups excluding carboxylic acids is 3. The molecule has 0 spiro atoms. The Balaban J connectivity index is 1.66. The zero-order chi connectivity index (χ0) is 24.3. The Morgan fingerprint density at radius 2 is 1.91 bits per heavy atom. The molecule has 1 aromatic rings. The van der Waals surface area contributed by atoms with Crippen molar-refractivity contribution < 1.29 is 28.7 Å². The number of nitrogens with one attached hydrogen (secondary N) is 4. The Labute approximate surface area is 186 Å². The molecule has 0 bridgehead atoms. The quantitative estimate of drug-likeness (QED) is 0.294. The first-order chi connectivity index (χ1) is 15.6. The van der Waals surface area contributed by atoms with E-state index in [1.54, 1.807) is 4.98 Å². The van der Waals surface area contributed by atoms with E-state index in [1.807, 2.05) is 5.32 Å². The van der Waals surface area contributed by atoms with Crippen molar-refractivity contribution in [3.05, 3.63) is 32.9 Å². The van der Waals surface area contributed by atoms with Crippen molar-refractivity contribution >= 4 is 23.7 Å². The summed E-state index contributed by atoms with van der Waals surface area (Å²) in [5.41, 5.74) is -2.58. The third-order valence-electron chi connectivity index (χ3n) is 5.66. The summed E-state index contributed by atoms with van der Waals surface area (Å²) in [4.78, 5) is 75.6. The lowest BCUT2D eigenvalue weighted by atomic mass is 10.1. The van der Waals surface area contributed by atoms with Crippen LogP contribution in [0.5, 0.6) is 0 Å². The molecule has 180 valence electrons. The Morgan fingerprint density at radius 1 is 1.18 bits per heavy atom. The van der Waals surface area contributed by atoms with Crippen LogP contribution in [-0.4, -0.2) is 74.5 Å². The van der Waals surface area contributed by atoms with Gasteiger partial charge in [-0.2, -0.15) is 4.39 Å². The molecule has 14 heteroatoms. The lowest BCUT2D eigenvalue weighted by Gasteiger charge is -2.28. The lowest BCUT2D eigenvalue weighted by molar-refractivity contribution is -0.145. The molecule has 0 aliphatic carbocycles. The summed E-state index contributed by atoms with van der Waals surface area (Å²) in [6, 6.07) is -2.34. The molecule has 4 atom stereocenters. The number of rotatable bonds is 7. The van der Waals surface area contributed by atoms with E-state index >= 15 is 0 Å². The van der Waals surface area contributed by atoms with E-state index in [0.29, 0.717) is 36.6 Å². The van der Waals surface area contributed by atoms with E-state index in [0.717, 1.165) is 13.0 Å². The smallest absolute Gasteiger partial charge is 0.347 e. The zero-order valence-corrected chi connectivity index (χ0v) is 17.8. The molecule has 0 saturated carbocycles. The number of amides is 3. The lowest BCUT2D eigenvalue weighted by Crippen LogP contribution is -2.55. The molecule has 1 aromatic heterocycles. The van der Waals surface area contributed by atoms with Crippen LogP contribution in [0.25, 0.3) is 0 Å². The van der Waals surface area contributed by atoms with Gasteiger partial charge < -0.3 is 26.0 Å². The zero-order valence-electron chi connectivity index (χ0n) is 17.8.